The first-order valence-electron chi connectivity index (χ1n) is 9.79. The molecule has 1 heterocycles. The summed E-state index contributed by atoms with van der Waals surface area (Å²) in [6.07, 6.45) is 1.64. The maximum Gasteiger partial charge on any atom is 0.162 e. The van der Waals surface area contributed by atoms with E-state index in [9.17, 15) is 4.39 Å². The average Bonchev–Trinajstić information content (AvgIpc) is 2.83. The second-order valence-electron chi connectivity index (χ2n) is 7.00. The number of hydrogen-bond donors (Lipinski definition) is 0. The van der Waals surface area contributed by atoms with Gasteiger partial charge in [0.1, 0.15) is 23.6 Å². The molecule has 0 N–H and O–H groups in total. The van der Waals surface area contributed by atoms with Gasteiger partial charge < -0.3 is 9.47 Å². The third kappa shape index (κ3) is 4.56. The Morgan fingerprint density at radius 3 is 2.41 bits per heavy atom. The monoisotopic (exact) mass is 444 g/mol. The maximum atomic E-state index is 14.3. The van der Waals surface area contributed by atoms with Gasteiger partial charge in [-0.25, -0.2) is 9.37 Å². The number of pyridine rings is 1. The first kappa shape index (κ1) is 21.4. The zero-order chi connectivity index (χ0) is 22.5. The van der Waals surface area contributed by atoms with E-state index < -0.39 is 5.82 Å². The molecule has 0 fully saturated rings. The highest BCUT2D eigenvalue weighted by Gasteiger charge is 2.14. The highest BCUT2D eigenvalue weighted by Crippen LogP contribution is 2.38. The molecule has 0 aliphatic heterocycles. The van der Waals surface area contributed by atoms with E-state index in [0.29, 0.717) is 29.2 Å². The van der Waals surface area contributed by atoms with Crippen molar-refractivity contribution in [2.24, 2.45) is 0 Å². The molecule has 3 aromatic carbocycles. The van der Waals surface area contributed by atoms with Crippen LogP contribution >= 0.6 is 11.6 Å². The number of ether oxygens (including phenoxy) is 2. The number of methoxy groups -OCH3 is 1. The Hall–Kier alpha value is -3.88. The van der Waals surface area contributed by atoms with Crippen LogP contribution in [0.5, 0.6) is 11.5 Å². The molecule has 0 spiro atoms. The lowest BCUT2D eigenvalue weighted by atomic mass is 9.95. The Morgan fingerprint density at radius 2 is 1.69 bits per heavy atom. The first-order valence-corrected chi connectivity index (χ1v) is 10.2. The first-order chi connectivity index (χ1) is 15.6. The van der Waals surface area contributed by atoms with Crippen LogP contribution < -0.4 is 9.47 Å². The standard InChI is InChI=1S/C26H18ClFN2O2/c1-31-24-10-9-19(12-25(24)32-16-17-5-3-2-4-6-17)22-15-30-26(27)13-21(22)18-7-8-20(14-29)23(28)11-18/h2-13,15H,16H2,1H3. The molecule has 0 bridgehead atoms. The minimum absolute atomic E-state index is 0.0171. The van der Waals surface area contributed by atoms with Gasteiger partial charge in [-0.2, -0.15) is 5.26 Å². The summed E-state index contributed by atoms with van der Waals surface area (Å²) in [7, 11) is 1.58. The predicted molar refractivity (Wildman–Crippen MR) is 122 cm³/mol. The lowest BCUT2D eigenvalue weighted by Gasteiger charge is -2.15. The van der Waals surface area contributed by atoms with E-state index in [1.54, 1.807) is 25.4 Å². The van der Waals surface area contributed by atoms with Crippen LogP contribution in [0.2, 0.25) is 5.15 Å². The van der Waals surface area contributed by atoms with Crippen LogP contribution in [0.1, 0.15) is 11.1 Å². The largest absolute Gasteiger partial charge is 0.493 e. The van der Waals surface area contributed by atoms with Crippen molar-refractivity contribution in [3.63, 3.8) is 0 Å². The molecule has 0 aliphatic carbocycles. The number of benzene rings is 3. The third-order valence-corrected chi connectivity index (χ3v) is 5.19. The third-order valence-electron chi connectivity index (χ3n) is 4.98. The number of aromatic nitrogens is 1. The van der Waals surface area contributed by atoms with Gasteiger partial charge in [0.2, 0.25) is 0 Å². The molecule has 4 nitrogen and oxygen atoms in total. The van der Waals surface area contributed by atoms with Crippen molar-refractivity contribution < 1.29 is 13.9 Å². The minimum Gasteiger partial charge on any atom is -0.493 e. The maximum absolute atomic E-state index is 14.3. The van der Waals surface area contributed by atoms with Crippen molar-refractivity contribution in [3.05, 3.63) is 101 Å². The van der Waals surface area contributed by atoms with Crippen molar-refractivity contribution >= 4 is 11.6 Å². The molecule has 0 aliphatic rings. The van der Waals surface area contributed by atoms with Crippen LogP contribution in [0.25, 0.3) is 22.3 Å². The number of nitrogens with zero attached hydrogens (tertiary/aromatic N) is 2. The van der Waals surface area contributed by atoms with E-state index in [1.165, 1.54) is 12.1 Å². The van der Waals surface area contributed by atoms with Gasteiger partial charge in [-0.1, -0.05) is 54.1 Å². The van der Waals surface area contributed by atoms with Crippen molar-refractivity contribution in [2.45, 2.75) is 6.61 Å². The molecule has 158 valence electrons. The fraction of sp³-hybridized carbons (Fsp3) is 0.0769. The van der Waals surface area contributed by atoms with Crippen molar-refractivity contribution in [3.8, 4) is 39.8 Å². The molecule has 0 radical (unpaired) electrons. The van der Waals surface area contributed by atoms with E-state index in [-0.39, 0.29) is 10.7 Å². The summed E-state index contributed by atoms with van der Waals surface area (Å²) in [6, 6.07) is 23.3. The Bertz CT molecular complexity index is 1300. The zero-order valence-corrected chi connectivity index (χ0v) is 17.9. The van der Waals surface area contributed by atoms with E-state index in [4.69, 9.17) is 26.3 Å². The van der Waals surface area contributed by atoms with Crippen LogP contribution in [0.15, 0.2) is 79.0 Å². The fourth-order valence-electron chi connectivity index (χ4n) is 3.36. The molecule has 0 saturated carbocycles. The van der Waals surface area contributed by atoms with Crippen LogP contribution in [0.3, 0.4) is 0 Å². The van der Waals surface area contributed by atoms with Gasteiger partial charge in [0, 0.05) is 11.8 Å². The van der Waals surface area contributed by atoms with Gasteiger partial charge in [0.25, 0.3) is 0 Å². The van der Waals surface area contributed by atoms with Crippen LogP contribution in [0, 0.1) is 17.1 Å². The molecule has 6 heteroatoms. The van der Waals surface area contributed by atoms with Gasteiger partial charge in [-0.3, -0.25) is 0 Å². The quantitative estimate of drug-likeness (QED) is 0.312. The van der Waals surface area contributed by atoms with Crippen molar-refractivity contribution in [1.29, 1.82) is 5.26 Å². The number of hydrogen-bond acceptors (Lipinski definition) is 4. The minimum atomic E-state index is -0.592. The molecule has 4 rings (SSSR count). The number of nitriles is 1. The van der Waals surface area contributed by atoms with Crippen molar-refractivity contribution in [1.82, 2.24) is 4.98 Å². The Balaban J connectivity index is 1.75. The molecule has 4 aromatic rings. The summed E-state index contributed by atoms with van der Waals surface area (Å²) < 4.78 is 25.8. The molecule has 0 atom stereocenters. The molecular weight excluding hydrogens is 427 g/mol. The van der Waals surface area contributed by atoms with E-state index in [1.807, 2.05) is 54.6 Å². The molecular formula is C26H18ClFN2O2. The Morgan fingerprint density at radius 1 is 0.938 bits per heavy atom. The molecule has 1 aromatic heterocycles. The second-order valence-corrected chi connectivity index (χ2v) is 7.39. The van der Waals surface area contributed by atoms with Crippen LogP contribution in [-0.2, 0) is 6.61 Å². The summed E-state index contributed by atoms with van der Waals surface area (Å²) >= 11 is 6.15. The smallest absolute Gasteiger partial charge is 0.162 e. The van der Waals surface area contributed by atoms with Crippen LogP contribution in [0.4, 0.5) is 4.39 Å². The highest BCUT2D eigenvalue weighted by atomic mass is 35.5. The van der Waals surface area contributed by atoms with Gasteiger partial charge in [0.15, 0.2) is 11.5 Å². The van der Waals surface area contributed by atoms with Gasteiger partial charge in [-0.15, -0.1) is 0 Å². The lowest BCUT2D eigenvalue weighted by molar-refractivity contribution is 0.284. The predicted octanol–water partition coefficient (Wildman–Crippen LogP) is 6.67. The summed E-state index contributed by atoms with van der Waals surface area (Å²) in [5.74, 6) is 0.573. The van der Waals surface area contributed by atoms with Gasteiger partial charge >= 0.3 is 0 Å². The SMILES string of the molecule is COc1ccc(-c2cnc(Cl)cc2-c2ccc(C#N)c(F)c2)cc1OCc1ccccc1. The summed E-state index contributed by atoms with van der Waals surface area (Å²) in [6.45, 7) is 0.382. The summed E-state index contributed by atoms with van der Waals surface area (Å²) in [5, 5.41) is 9.30. The zero-order valence-electron chi connectivity index (χ0n) is 17.2. The molecule has 0 amide bonds. The van der Waals surface area contributed by atoms with E-state index in [2.05, 4.69) is 4.98 Å². The number of rotatable bonds is 6. The molecule has 32 heavy (non-hydrogen) atoms. The van der Waals surface area contributed by atoms with Gasteiger partial charge in [-0.05, 0) is 52.6 Å². The molecule has 0 unspecified atom stereocenters. The van der Waals surface area contributed by atoms with E-state index in [0.717, 1.165) is 16.7 Å². The number of halogens is 2. The highest BCUT2D eigenvalue weighted by molar-refractivity contribution is 6.29. The summed E-state index contributed by atoms with van der Waals surface area (Å²) in [4.78, 5) is 4.21. The summed E-state index contributed by atoms with van der Waals surface area (Å²) in [5.41, 5.74) is 3.83. The normalized spacial score (nSPS) is 10.4. The second kappa shape index (κ2) is 9.51. The lowest BCUT2D eigenvalue weighted by Crippen LogP contribution is -1.98. The fourth-order valence-corrected chi connectivity index (χ4v) is 3.52. The topological polar surface area (TPSA) is 55.1 Å². The Labute approximate surface area is 190 Å². The molecule has 0 saturated heterocycles. The van der Waals surface area contributed by atoms with Gasteiger partial charge in [0.05, 0.1) is 12.7 Å². The van der Waals surface area contributed by atoms with Crippen molar-refractivity contribution in [2.75, 3.05) is 7.11 Å². The van der Waals surface area contributed by atoms with E-state index >= 15 is 0 Å². The van der Waals surface area contributed by atoms with Crippen LogP contribution in [-0.4, -0.2) is 12.1 Å². The average molecular weight is 445 g/mol. The Kier molecular flexibility index (Phi) is 6.34.